The minimum Gasteiger partial charge on any atom is -0.320 e. The monoisotopic (exact) mass is 189 g/mol. The van der Waals surface area contributed by atoms with E-state index in [9.17, 15) is 0 Å². The summed E-state index contributed by atoms with van der Waals surface area (Å²) in [6, 6.07) is 2.03. The highest BCUT2D eigenvalue weighted by Crippen LogP contribution is 2.57. The van der Waals surface area contributed by atoms with E-state index in [1.165, 1.54) is 6.42 Å². The van der Waals surface area contributed by atoms with E-state index in [2.05, 4.69) is 9.97 Å². The van der Waals surface area contributed by atoms with Crippen molar-refractivity contribution >= 4 is 0 Å². The first-order valence-electron chi connectivity index (χ1n) is 5.25. The molecular formula is C11H15N3. The normalized spacial score (nSPS) is 39.6. The van der Waals surface area contributed by atoms with E-state index in [-0.39, 0.29) is 5.54 Å². The number of nitrogens with zero attached hydrogens (tertiary/aromatic N) is 2. The summed E-state index contributed by atoms with van der Waals surface area (Å²) in [5.74, 6) is 1.77. The lowest BCUT2D eigenvalue weighted by Gasteiger charge is -2.25. The van der Waals surface area contributed by atoms with Gasteiger partial charge in [-0.3, -0.25) is 0 Å². The Morgan fingerprint density at radius 2 is 2.07 bits per heavy atom. The van der Waals surface area contributed by atoms with Crippen molar-refractivity contribution in [3.63, 3.8) is 0 Å². The average molecular weight is 189 g/mol. The van der Waals surface area contributed by atoms with Crippen LogP contribution in [0.5, 0.6) is 0 Å². The Kier molecular flexibility index (Phi) is 1.52. The first-order chi connectivity index (χ1) is 6.67. The van der Waals surface area contributed by atoms with E-state index in [1.54, 1.807) is 6.33 Å². The van der Waals surface area contributed by atoms with Gasteiger partial charge in [-0.15, -0.1) is 0 Å². The Morgan fingerprint density at radius 1 is 1.36 bits per heavy atom. The second-order valence-corrected chi connectivity index (χ2v) is 4.86. The van der Waals surface area contributed by atoms with Crippen LogP contribution < -0.4 is 5.73 Å². The van der Waals surface area contributed by atoms with E-state index in [0.717, 1.165) is 36.1 Å². The van der Waals surface area contributed by atoms with Crippen LogP contribution in [-0.2, 0) is 5.54 Å². The minimum absolute atomic E-state index is 0.152. The van der Waals surface area contributed by atoms with Gasteiger partial charge in [-0.25, -0.2) is 9.97 Å². The van der Waals surface area contributed by atoms with E-state index < -0.39 is 0 Å². The predicted octanol–water partition coefficient (Wildman–Crippen LogP) is 1.37. The fourth-order valence-electron chi connectivity index (χ4n) is 2.77. The summed E-state index contributed by atoms with van der Waals surface area (Å²) < 4.78 is 0. The second-order valence-electron chi connectivity index (χ2n) is 4.86. The maximum atomic E-state index is 6.38. The molecule has 0 amide bonds. The lowest BCUT2D eigenvalue weighted by molar-refractivity contribution is 0.398. The standard InChI is InChI=1S/C11H15N3/c1-7-2-10(14-6-13-7)11(12)4-8-3-9(8)5-11/h2,6,8-9H,3-5,12H2,1H3. The number of hydrogen-bond acceptors (Lipinski definition) is 3. The lowest BCUT2D eigenvalue weighted by Crippen LogP contribution is -2.36. The molecule has 2 saturated carbocycles. The smallest absolute Gasteiger partial charge is 0.115 e. The van der Waals surface area contributed by atoms with E-state index in [4.69, 9.17) is 5.73 Å². The van der Waals surface area contributed by atoms with Gasteiger partial charge in [-0.1, -0.05) is 0 Å². The highest BCUT2D eigenvalue weighted by molar-refractivity contribution is 5.22. The maximum Gasteiger partial charge on any atom is 0.115 e. The zero-order valence-corrected chi connectivity index (χ0v) is 8.40. The van der Waals surface area contributed by atoms with Gasteiger partial charge in [0, 0.05) is 5.69 Å². The zero-order valence-electron chi connectivity index (χ0n) is 8.40. The third-order valence-corrected chi connectivity index (χ3v) is 3.64. The third kappa shape index (κ3) is 1.16. The number of hydrogen-bond donors (Lipinski definition) is 1. The van der Waals surface area contributed by atoms with Crippen LogP contribution >= 0.6 is 0 Å². The fourth-order valence-corrected chi connectivity index (χ4v) is 2.77. The van der Waals surface area contributed by atoms with Crippen molar-refractivity contribution in [1.29, 1.82) is 0 Å². The molecule has 3 heteroatoms. The first-order valence-corrected chi connectivity index (χ1v) is 5.25. The molecule has 2 aliphatic rings. The zero-order chi connectivity index (χ0) is 9.76. The molecule has 3 nitrogen and oxygen atoms in total. The molecule has 0 radical (unpaired) electrons. The van der Waals surface area contributed by atoms with Gasteiger partial charge in [0.1, 0.15) is 6.33 Å². The molecule has 0 saturated heterocycles. The van der Waals surface area contributed by atoms with Crippen LogP contribution in [0.3, 0.4) is 0 Å². The molecule has 0 aliphatic heterocycles. The van der Waals surface area contributed by atoms with Crippen LogP contribution in [0.1, 0.15) is 30.7 Å². The molecule has 0 aromatic carbocycles. The van der Waals surface area contributed by atoms with Crippen LogP contribution in [0.25, 0.3) is 0 Å². The Labute approximate surface area is 83.8 Å². The van der Waals surface area contributed by atoms with Gasteiger partial charge < -0.3 is 5.73 Å². The van der Waals surface area contributed by atoms with Crippen molar-refractivity contribution in [3.05, 3.63) is 23.8 Å². The van der Waals surface area contributed by atoms with Gasteiger partial charge in [0.25, 0.3) is 0 Å². The van der Waals surface area contributed by atoms with Gasteiger partial charge in [-0.05, 0) is 44.1 Å². The van der Waals surface area contributed by atoms with Crippen LogP contribution in [0.15, 0.2) is 12.4 Å². The van der Waals surface area contributed by atoms with Gasteiger partial charge in [-0.2, -0.15) is 0 Å². The highest BCUT2D eigenvalue weighted by atomic mass is 14.9. The van der Waals surface area contributed by atoms with Crippen molar-refractivity contribution < 1.29 is 0 Å². The molecule has 1 heterocycles. The number of fused-ring (bicyclic) bond motifs is 1. The molecular weight excluding hydrogens is 174 g/mol. The molecule has 0 bridgehead atoms. The topological polar surface area (TPSA) is 51.8 Å². The van der Waals surface area contributed by atoms with E-state index >= 15 is 0 Å². The predicted molar refractivity (Wildman–Crippen MR) is 53.5 cm³/mol. The van der Waals surface area contributed by atoms with Crippen LogP contribution in [0.4, 0.5) is 0 Å². The van der Waals surface area contributed by atoms with Gasteiger partial charge in [0.15, 0.2) is 0 Å². The molecule has 14 heavy (non-hydrogen) atoms. The first kappa shape index (κ1) is 8.36. The molecule has 2 aliphatic carbocycles. The van der Waals surface area contributed by atoms with Gasteiger partial charge >= 0.3 is 0 Å². The summed E-state index contributed by atoms with van der Waals surface area (Å²) in [7, 11) is 0. The molecule has 2 fully saturated rings. The summed E-state index contributed by atoms with van der Waals surface area (Å²) in [4.78, 5) is 8.42. The Hall–Kier alpha value is -0.960. The SMILES string of the molecule is Cc1cc(C2(N)CC3CC3C2)ncn1. The number of nitrogens with two attached hydrogens (primary N) is 1. The number of aryl methyl sites for hydroxylation is 1. The number of aromatic nitrogens is 2. The van der Waals surface area contributed by atoms with Crippen molar-refractivity contribution in [1.82, 2.24) is 9.97 Å². The Morgan fingerprint density at radius 3 is 2.71 bits per heavy atom. The molecule has 2 unspecified atom stereocenters. The summed E-state index contributed by atoms with van der Waals surface area (Å²) in [5, 5.41) is 0. The van der Waals surface area contributed by atoms with E-state index in [1.807, 2.05) is 13.0 Å². The van der Waals surface area contributed by atoms with Crippen molar-refractivity contribution in [3.8, 4) is 0 Å². The van der Waals surface area contributed by atoms with Gasteiger partial charge in [0.05, 0.1) is 11.2 Å². The van der Waals surface area contributed by atoms with Crippen LogP contribution in [0, 0.1) is 18.8 Å². The molecule has 3 rings (SSSR count). The third-order valence-electron chi connectivity index (χ3n) is 3.64. The van der Waals surface area contributed by atoms with Gasteiger partial charge in [0.2, 0.25) is 0 Å². The average Bonchev–Trinajstić information content (AvgIpc) is 2.75. The van der Waals surface area contributed by atoms with Crippen molar-refractivity contribution in [2.45, 2.75) is 31.7 Å². The summed E-state index contributed by atoms with van der Waals surface area (Å²) in [6.45, 7) is 1.99. The Bertz CT molecular complexity index is 365. The molecule has 2 atom stereocenters. The maximum absolute atomic E-state index is 6.38. The Balaban J connectivity index is 1.94. The fraction of sp³-hybridized carbons (Fsp3) is 0.636. The number of rotatable bonds is 1. The lowest BCUT2D eigenvalue weighted by atomic mass is 9.90. The quantitative estimate of drug-likeness (QED) is 0.726. The minimum atomic E-state index is -0.152. The summed E-state index contributed by atoms with van der Waals surface area (Å²) in [5.41, 5.74) is 8.28. The van der Waals surface area contributed by atoms with Crippen molar-refractivity contribution in [2.75, 3.05) is 0 Å². The largest absolute Gasteiger partial charge is 0.320 e. The molecule has 74 valence electrons. The van der Waals surface area contributed by atoms with E-state index in [0.29, 0.717) is 0 Å². The summed E-state index contributed by atoms with van der Waals surface area (Å²) in [6.07, 6.45) is 5.26. The summed E-state index contributed by atoms with van der Waals surface area (Å²) >= 11 is 0. The molecule has 1 aromatic rings. The van der Waals surface area contributed by atoms with Crippen LogP contribution in [-0.4, -0.2) is 9.97 Å². The molecule has 2 N–H and O–H groups in total. The second kappa shape index (κ2) is 2.54. The van der Waals surface area contributed by atoms with Crippen molar-refractivity contribution in [2.24, 2.45) is 17.6 Å². The molecule has 1 aromatic heterocycles. The highest BCUT2D eigenvalue weighted by Gasteiger charge is 2.53. The molecule has 0 spiro atoms. The van der Waals surface area contributed by atoms with Crippen LogP contribution in [0.2, 0.25) is 0 Å².